The highest BCUT2D eigenvalue weighted by Gasteiger charge is 2.72. The number of carboxylic acid groups (broad SMARTS) is 1. The number of carbonyl (C=O) groups is 2. The number of hydrogen-bond donors (Lipinski definition) is 1. The molecule has 18 heavy (non-hydrogen) atoms. The molecule has 4 aliphatic carbocycles. The quantitative estimate of drug-likeness (QED) is 0.779. The van der Waals surface area contributed by atoms with E-state index in [1.165, 1.54) is 0 Å². The fraction of sp³-hybridized carbons (Fsp3) is 0.857. The van der Waals surface area contributed by atoms with Gasteiger partial charge in [-0.1, -0.05) is 6.92 Å². The summed E-state index contributed by atoms with van der Waals surface area (Å²) in [4.78, 5) is 22.8. The molecule has 2 atom stereocenters. The van der Waals surface area contributed by atoms with Gasteiger partial charge in [0.05, 0.1) is 17.9 Å². The third-order valence-electron chi connectivity index (χ3n) is 5.14. The highest BCUT2D eigenvalue weighted by Crippen LogP contribution is 2.73. The Balaban J connectivity index is 1.44. The van der Waals surface area contributed by atoms with Crippen molar-refractivity contribution in [3.05, 3.63) is 0 Å². The third-order valence-corrected chi connectivity index (χ3v) is 5.14. The summed E-state index contributed by atoms with van der Waals surface area (Å²) < 4.78 is 5.41. The second kappa shape index (κ2) is 3.72. The van der Waals surface area contributed by atoms with Crippen molar-refractivity contribution in [2.24, 2.45) is 22.7 Å². The van der Waals surface area contributed by atoms with E-state index in [1.54, 1.807) is 0 Å². The molecule has 1 N–H and O–H groups in total. The van der Waals surface area contributed by atoms with Crippen LogP contribution in [0.25, 0.3) is 0 Å². The first-order valence-corrected chi connectivity index (χ1v) is 6.85. The van der Waals surface area contributed by atoms with Gasteiger partial charge in [-0.2, -0.15) is 0 Å². The van der Waals surface area contributed by atoms with Gasteiger partial charge in [0.15, 0.2) is 0 Å². The summed E-state index contributed by atoms with van der Waals surface area (Å²) in [6.07, 6.45) is 5.11. The molecule has 4 aliphatic rings. The minimum absolute atomic E-state index is 0.0122. The predicted molar refractivity (Wildman–Crippen MR) is 63.8 cm³/mol. The van der Waals surface area contributed by atoms with E-state index >= 15 is 0 Å². The van der Waals surface area contributed by atoms with Gasteiger partial charge < -0.3 is 9.84 Å². The lowest BCUT2D eigenvalue weighted by Crippen LogP contribution is -2.67. The number of hydrogen-bond acceptors (Lipinski definition) is 3. The minimum atomic E-state index is -0.680. The normalized spacial score (nSPS) is 44.9. The molecule has 1 unspecified atom stereocenters. The first-order chi connectivity index (χ1) is 8.45. The van der Waals surface area contributed by atoms with Crippen molar-refractivity contribution in [3.8, 4) is 0 Å². The van der Waals surface area contributed by atoms with Crippen molar-refractivity contribution < 1.29 is 19.4 Å². The van der Waals surface area contributed by atoms with Crippen LogP contribution in [0.1, 0.15) is 45.4 Å². The lowest BCUT2D eigenvalue weighted by Gasteiger charge is -2.67. The molecule has 0 aliphatic heterocycles. The lowest BCUT2D eigenvalue weighted by molar-refractivity contribution is -0.238. The number of rotatable bonds is 4. The van der Waals surface area contributed by atoms with E-state index in [0.717, 1.165) is 19.3 Å². The molecule has 4 nitrogen and oxygen atoms in total. The Morgan fingerprint density at radius 2 is 1.94 bits per heavy atom. The van der Waals surface area contributed by atoms with E-state index in [-0.39, 0.29) is 17.3 Å². The molecule has 4 rings (SSSR count). The van der Waals surface area contributed by atoms with Crippen LogP contribution >= 0.6 is 0 Å². The van der Waals surface area contributed by atoms with Gasteiger partial charge in [-0.15, -0.1) is 0 Å². The second-order valence-electron chi connectivity index (χ2n) is 6.84. The predicted octanol–water partition coefficient (Wildman–Crippen LogP) is 2.22. The van der Waals surface area contributed by atoms with Crippen LogP contribution in [0, 0.1) is 22.7 Å². The first-order valence-electron chi connectivity index (χ1n) is 6.85. The van der Waals surface area contributed by atoms with E-state index < -0.39 is 11.4 Å². The van der Waals surface area contributed by atoms with Crippen molar-refractivity contribution in [1.82, 2.24) is 0 Å². The van der Waals surface area contributed by atoms with Crippen molar-refractivity contribution in [2.45, 2.75) is 45.4 Å². The lowest BCUT2D eigenvalue weighted by atomic mass is 9.35. The van der Waals surface area contributed by atoms with Gasteiger partial charge in [0.25, 0.3) is 0 Å². The SMILES string of the molecule is C[C@H]1CCC(C(=O)OCC23CC(C(=O)O)(C2)C3)C1. The average molecular weight is 252 g/mol. The number of carboxylic acids is 1. The molecule has 0 spiro atoms. The maximum atomic E-state index is 11.9. The zero-order valence-electron chi connectivity index (χ0n) is 10.8. The summed E-state index contributed by atoms with van der Waals surface area (Å²) in [5.41, 5.74) is -0.452. The molecule has 2 bridgehead atoms. The standard InChI is InChI=1S/C14H20O4/c1-9-2-3-10(4-9)11(15)18-8-13-5-14(6-13,7-13)12(16)17/h9-10H,2-8H2,1H3,(H,16,17)/t9-,10?,13?,14?/m0/s1. The van der Waals surface area contributed by atoms with Crippen LogP contribution in [0.4, 0.5) is 0 Å². The molecule has 0 heterocycles. The van der Waals surface area contributed by atoms with Crippen LogP contribution in [0.5, 0.6) is 0 Å². The Bertz CT molecular complexity index is 381. The van der Waals surface area contributed by atoms with Gasteiger partial charge in [-0.05, 0) is 44.4 Å². The van der Waals surface area contributed by atoms with E-state index in [0.29, 0.717) is 31.8 Å². The smallest absolute Gasteiger partial charge is 0.309 e. The molecule has 100 valence electrons. The molecular formula is C14H20O4. The zero-order chi connectivity index (χ0) is 13.0. The maximum Gasteiger partial charge on any atom is 0.309 e. The Morgan fingerprint density at radius 1 is 1.28 bits per heavy atom. The molecule has 4 heteroatoms. The largest absolute Gasteiger partial charge is 0.481 e. The highest BCUT2D eigenvalue weighted by molar-refractivity contribution is 5.79. The fourth-order valence-corrected chi connectivity index (χ4v) is 4.14. The molecule has 0 aromatic carbocycles. The van der Waals surface area contributed by atoms with Crippen molar-refractivity contribution >= 4 is 11.9 Å². The third kappa shape index (κ3) is 1.65. The van der Waals surface area contributed by atoms with Gasteiger partial charge in [-0.3, -0.25) is 9.59 Å². The molecule has 0 radical (unpaired) electrons. The minimum Gasteiger partial charge on any atom is -0.481 e. The zero-order valence-corrected chi connectivity index (χ0v) is 10.8. The van der Waals surface area contributed by atoms with E-state index in [1.807, 2.05) is 0 Å². The van der Waals surface area contributed by atoms with Crippen molar-refractivity contribution in [1.29, 1.82) is 0 Å². The number of aliphatic carboxylic acids is 1. The monoisotopic (exact) mass is 252 g/mol. The van der Waals surface area contributed by atoms with Crippen LogP contribution in [0.3, 0.4) is 0 Å². The Kier molecular flexibility index (Phi) is 2.48. The summed E-state index contributed by atoms with van der Waals surface area (Å²) in [5, 5.41) is 9.02. The summed E-state index contributed by atoms with van der Waals surface area (Å²) in [6.45, 7) is 2.61. The molecule has 0 aromatic heterocycles. The first kappa shape index (κ1) is 12.0. The van der Waals surface area contributed by atoms with E-state index in [4.69, 9.17) is 9.84 Å². The molecule has 0 aromatic rings. The average Bonchev–Trinajstić information content (AvgIpc) is 2.59. The van der Waals surface area contributed by atoms with Gasteiger partial charge in [0.2, 0.25) is 0 Å². The fourth-order valence-electron chi connectivity index (χ4n) is 4.14. The highest BCUT2D eigenvalue weighted by atomic mass is 16.5. The van der Waals surface area contributed by atoms with Crippen LogP contribution < -0.4 is 0 Å². The van der Waals surface area contributed by atoms with Crippen molar-refractivity contribution in [3.63, 3.8) is 0 Å². The molecule has 4 saturated carbocycles. The molecule has 4 fully saturated rings. The Hall–Kier alpha value is -1.06. The van der Waals surface area contributed by atoms with Crippen LogP contribution in [0.15, 0.2) is 0 Å². The van der Waals surface area contributed by atoms with E-state index in [2.05, 4.69) is 6.92 Å². The number of esters is 1. The second-order valence-corrected chi connectivity index (χ2v) is 6.84. The van der Waals surface area contributed by atoms with Crippen molar-refractivity contribution in [2.75, 3.05) is 6.61 Å². The molecule has 0 amide bonds. The van der Waals surface area contributed by atoms with Crippen LogP contribution in [-0.2, 0) is 14.3 Å². The summed E-state index contributed by atoms with van der Waals surface area (Å²) in [6, 6.07) is 0. The van der Waals surface area contributed by atoms with Gasteiger partial charge in [-0.25, -0.2) is 0 Å². The molecular weight excluding hydrogens is 232 g/mol. The van der Waals surface area contributed by atoms with E-state index in [9.17, 15) is 9.59 Å². The number of carbonyl (C=O) groups excluding carboxylic acids is 1. The number of ether oxygens (including phenoxy) is 1. The summed E-state index contributed by atoms with van der Waals surface area (Å²) in [5.74, 6) is -0.0256. The summed E-state index contributed by atoms with van der Waals surface area (Å²) in [7, 11) is 0. The van der Waals surface area contributed by atoms with Gasteiger partial charge >= 0.3 is 11.9 Å². The van der Waals surface area contributed by atoms with Crippen LogP contribution in [0.2, 0.25) is 0 Å². The Labute approximate surface area is 107 Å². The maximum absolute atomic E-state index is 11.9. The van der Waals surface area contributed by atoms with Gasteiger partial charge in [0, 0.05) is 5.41 Å². The van der Waals surface area contributed by atoms with Gasteiger partial charge in [0.1, 0.15) is 0 Å². The Morgan fingerprint density at radius 3 is 2.44 bits per heavy atom. The summed E-state index contributed by atoms with van der Waals surface area (Å²) >= 11 is 0. The molecule has 0 saturated heterocycles. The topological polar surface area (TPSA) is 63.6 Å². The van der Waals surface area contributed by atoms with Crippen LogP contribution in [-0.4, -0.2) is 23.7 Å².